The van der Waals surface area contributed by atoms with Gasteiger partial charge in [-0.1, -0.05) is 5.92 Å². The van der Waals surface area contributed by atoms with Gasteiger partial charge in [0, 0.05) is 11.8 Å². The van der Waals surface area contributed by atoms with E-state index in [4.69, 9.17) is 11.5 Å². The van der Waals surface area contributed by atoms with Crippen molar-refractivity contribution in [3.8, 4) is 12.3 Å². The number of hydrogen-bond acceptors (Lipinski definition) is 2. The third-order valence-electron chi connectivity index (χ3n) is 1.15. The summed E-state index contributed by atoms with van der Waals surface area (Å²) in [6.07, 6.45) is 6.42. The zero-order chi connectivity index (χ0) is 8.27. The Morgan fingerprint density at radius 2 is 2.45 bits per heavy atom. The number of hydrogen-bond donors (Lipinski definition) is 1. The Morgan fingerprint density at radius 3 is 3.00 bits per heavy atom. The number of terminal acetylenes is 1. The van der Waals surface area contributed by atoms with Gasteiger partial charge in [0.15, 0.2) is 0 Å². The van der Waals surface area contributed by atoms with Gasteiger partial charge in [0.05, 0.1) is 0 Å². The van der Waals surface area contributed by atoms with Crippen molar-refractivity contribution >= 4 is 5.97 Å². The maximum absolute atomic E-state index is 10.3. The maximum atomic E-state index is 10.3. The standard InChI is InChI=1S/C8H5NO2/c1-2-6-3-4-9-7(5-6)8(10)11/h1,3-5H,(H,10,11). The van der Waals surface area contributed by atoms with E-state index in [2.05, 4.69) is 10.9 Å². The summed E-state index contributed by atoms with van der Waals surface area (Å²) in [7, 11) is 0. The third kappa shape index (κ3) is 1.55. The highest BCUT2D eigenvalue weighted by Gasteiger charge is 2.02. The SMILES string of the molecule is C#Cc1ccnc(C(=O)O)c1. The summed E-state index contributed by atoms with van der Waals surface area (Å²) in [6, 6.07) is 2.93. The van der Waals surface area contributed by atoms with Gasteiger partial charge >= 0.3 is 5.97 Å². The van der Waals surface area contributed by atoms with E-state index in [0.717, 1.165) is 0 Å². The van der Waals surface area contributed by atoms with E-state index >= 15 is 0 Å². The molecule has 0 unspecified atom stereocenters. The summed E-state index contributed by atoms with van der Waals surface area (Å²) in [5, 5.41) is 8.47. The Labute approximate surface area is 63.7 Å². The van der Waals surface area contributed by atoms with Gasteiger partial charge in [-0.3, -0.25) is 0 Å². The second kappa shape index (κ2) is 2.84. The predicted octanol–water partition coefficient (Wildman–Crippen LogP) is 0.761. The minimum atomic E-state index is -1.07. The summed E-state index contributed by atoms with van der Waals surface area (Å²) >= 11 is 0. The first-order chi connectivity index (χ1) is 5.24. The van der Waals surface area contributed by atoms with Crippen molar-refractivity contribution < 1.29 is 9.90 Å². The molecule has 0 aliphatic heterocycles. The lowest BCUT2D eigenvalue weighted by Crippen LogP contribution is -1.99. The molecule has 0 atom stereocenters. The van der Waals surface area contributed by atoms with Gasteiger partial charge < -0.3 is 5.11 Å². The fourth-order valence-electron chi connectivity index (χ4n) is 0.637. The minimum absolute atomic E-state index is 0.0274. The van der Waals surface area contributed by atoms with Crippen LogP contribution < -0.4 is 0 Å². The summed E-state index contributed by atoms with van der Waals surface area (Å²) in [6.45, 7) is 0. The van der Waals surface area contributed by atoms with E-state index in [0.29, 0.717) is 5.56 Å². The number of rotatable bonds is 1. The molecule has 3 nitrogen and oxygen atoms in total. The molecule has 1 aromatic rings. The molecule has 0 spiro atoms. The van der Waals surface area contributed by atoms with Crippen LogP contribution in [0.4, 0.5) is 0 Å². The number of carboxylic acid groups (broad SMARTS) is 1. The maximum Gasteiger partial charge on any atom is 0.354 e. The topological polar surface area (TPSA) is 50.2 Å². The van der Waals surface area contributed by atoms with Gasteiger partial charge in [-0.05, 0) is 12.1 Å². The van der Waals surface area contributed by atoms with Crippen LogP contribution in [-0.4, -0.2) is 16.1 Å². The zero-order valence-corrected chi connectivity index (χ0v) is 5.61. The lowest BCUT2D eigenvalue weighted by Gasteiger charge is -1.92. The number of pyridine rings is 1. The molecule has 0 aromatic carbocycles. The molecule has 1 N–H and O–H groups in total. The molecule has 0 radical (unpaired) electrons. The van der Waals surface area contributed by atoms with Gasteiger partial charge in [-0.2, -0.15) is 0 Å². The van der Waals surface area contributed by atoms with Crippen molar-refractivity contribution in [1.82, 2.24) is 4.98 Å². The molecule has 11 heavy (non-hydrogen) atoms. The van der Waals surface area contributed by atoms with E-state index in [1.165, 1.54) is 12.3 Å². The quantitative estimate of drug-likeness (QED) is 0.596. The average Bonchev–Trinajstić information content (AvgIpc) is 2.05. The van der Waals surface area contributed by atoms with E-state index in [-0.39, 0.29) is 5.69 Å². The number of aromatic nitrogens is 1. The molecule has 0 saturated heterocycles. The van der Waals surface area contributed by atoms with Crippen molar-refractivity contribution in [2.45, 2.75) is 0 Å². The highest BCUT2D eigenvalue weighted by Crippen LogP contribution is 1.99. The zero-order valence-electron chi connectivity index (χ0n) is 5.61. The highest BCUT2D eigenvalue weighted by molar-refractivity contribution is 5.85. The molecule has 0 aliphatic rings. The highest BCUT2D eigenvalue weighted by atomic mass is 16.4. The van der Waals surface area contributed by atoms with Gasteiger partial charge in [-0.15, -0.1) is 6.42 Å². The van der Waals surface area contributed by atoms with E-state index < -0.39 is 5.97 Å². The van der Waals surface area contributed by atoms with Crippen LogP contribution in [0, 0.1) is 12.3 Å². The molecule has 1 aromatic heterocycles. The molecule has 3 heteroatoms. The third-order valence-corrected chi connectivity index (χ3v) is 1.15. The minimum Gasteiger partial charge on any atom is -0.477 e. The summed E-state index contributed by atoms with van der Waals surface area (Å²) in [5.74, 6) is 1.25. The van der Waals surface area contributed by atoms with Crippen LogP contribution >= 0.6 is 0 Å². The normalized spacial score (nSPS) is 8.64. The molecular formula is C8H5NO2. The van der Waals surface area contributed by atoms with Gasteiger partial charge in [0.1, 0.15) is 5.69 Å². The smallest absolute Gasteiger partial charge is 0.354 e. The number of carbonyl (C=O) groups is 1. The number of carboxylic acids is 1. The van der Waals surface area contributed by atoms with Crippen molar-refractivity contribution in [2.24, 2.45) is 0 Å². The molecule has 0 saturated carbocycles. The van der Waals surface area contributed by atoms with Crippen molar-refractivity contribution in [3.05, 3.63) is 29.6 Å². The van der Waals surface area contributed by atoms with Crippen LogP contribution in [0.1, 0.15) is 16.1 Å². The molecule has 1 rings (SSSR count). The van der Waals surface area contributed by atoms with Crippen LogP contribution in [0.25, 0.3) is 0 Å². The van der Waals surface area contributed by atoms with Crippen molar-refractivity contribution in [1.29, 1.82) is 0 Å². The second-order valence-electron chi connectivity index (χ2n) is 1.88. The average molecular weight is 147 g/mol. The Bertz CT molecular complexity index is 325. The summed E-state index contributed by atoms with van der Waals surface area (Å²) in [4.78, 5) is 13.9. The molecular weight excluding hydrogens is 142 g/mol. The first-order valence-corrected chi connectivity index (χ1v) is 2.90. The van der Waals surface area contributed by atoms with Crippen LogP contribution in [0.5, 0.6) is 0 Å². The Balaban J connectivity index is 3.13. The van der Waals surface area contributed by atoms with Crippen LogP contribution in [0.3, 0.4) is 0 Å². The predicted molar refractivity (Wildman–Crippen MR) is 39.1 cm³/mol. The Morgan fingerprint density at radius 1 is 1.73 bits per heavy atom. The van der Waals surface area contributed by atoms with Gasteiger partial charge in [0.2, 0.25) is 0 Å². The first-order valence-electron chi connectivity index (χ1n) is 2.90. The monoisotopic (exact) mass is 147 g/mol. The summed E-state index contributed by atoms with van der Waals surface area (Å²) in [5.41, 5.74) is 0.498. The lowest BCUT2D eigenvalue weighted by atomic mass is 10.2. The van der Waals surface area contributed by atoms with Crippen LogP contribution in [0.2, 0.25) is 0 Å². The Kier molecular flexibility index (Phi) is 1.88. The van der Waals surface area contributed by atoms with E-state index in [9.17, 15) is 4.79 Å². The number of aromatic carboxylic acids is 1. The van der Waals surface area contributed by atoms with Crippen LogP contribution in [0.15, 0.2) is 18.3 Å². The van der Waals surface area contributed by atoms with Gasteiger partial charge in [0.25, 0.3) is 0 Å². The molecule has 0 aliphatic carbocycles. The molecule has 54 valence electrons. The fraction of sp³-hybridized carbons (Fsp3) is 0. The second-order valence-corrected chi connectivity index (χ2v) is 1.88. The Hall–Kier alpha value is -1.82. The lowest BCUT2D eigenvalue weighted by molar-refractivity contribution is 0.0690. The first kappa shape index (κ1) is 7.29. The summed E-state index contributed by atoms with van der Waals surface area (Å²) < 4.78 is 0. The molecule has 0 fully saturated rings. The fourth-order valence-corrected chi connectivity index (χ4v) is 0.637. The molecule has 0 amide bonds. The van der Waals surface area contributed by atoms with Crippen LogP contribution in [-0.2, 0) is 0 Å². The van der Waals surface area contributed by atoms with Crippen molar-refractivity contribution in [2.75, 3.05) is 0 Å². The van der Waals surface area contributed by atoms with Crippen molar-refractivity contribution in [3.63, 3.8) is 0 Å². The number of nitrogens with zero attached hydrogens (tertiary/aromatic N) is 1. The molecule has 1 heterocycles. The van der Waals surface area contributed by atoms with E-state index in [1.807, 2.05) is 0 Å². The van der Waals surface area contributed by atoms with Gasteiger partial charge in [-0.25, -0.2) is 9.78 Å². The largest absolute Gasteiger partial charge is 0.477 e. The van der Waals surface area contributed by atoms with E-state index in [1.54, 1.807) is 6.07 Å². The molecule has 0 bridgehead atoms.